The number of aryl methyl sites for hydroxylation is 1. The molecule has 1 N–H and O–H groups in total. The molecule has 2 rings (SSSR count). The van der Waals surface area contributed by atoms with Gasteiger partial charge in [-0.25, -0.2) is 4.39 Å². The number of benzene rings is 1. The molecule has 96 valence electrons. The molecule has 1 aromatic heterocycles. The zero-order valence-corrected chi connectivity index (χ0v) is 12.0. The fraction of sp³-hybridized carbons (Fsp3) is 0.250. The van der Waals surface area contributed by atoms with Gasteiger partial charge in [0.05, 0.1) is 33.9 Å². The Morgan fingerprint density at radius 2 is 2.17 bits per heavy atom. The summed E-state index contributed by atoms with van der Waals surface area (Å²) in [6, 6.07) is 2.40. The number of nitrogens with zero attached hydrogens (tertiary/aromatic N) is 1. The molecule has 0 saturated carbocycles. The summed E-state index contributed by atoms with van der Waals surface area (Å²) < 4.78 is 20.6. The number of aromatic nitrogens is 1. The lowest BCUT2D eigenvalue weighted by Crippen LogP contribution is -2.17. The van der Waals surface area contributed by atoms with Crippen molar-refractivity contribution in [3.63, 3.8) is 0 Å². The Hall–Kier alpha value is -1.15. The summed E-state index contributed by atoms with van der Waals surface area (Å²) in [5.41, 5.74) is 0.664. The number of ether oxygens (including phenoxy) is 1. The molecule has 0 aliphatic carbocycles. The first kappa shape index (κ1) is 13.3. The van der Waals surface area contributed by atoms with E-state index in [4.69, 9.17) is 4.74 Å². The smallest absolute Gasteiger partial charge is 0.203 e. The summed E-state index contributed by atoms with van der Waals surface area (Å²) in [7, 11) is 3.12. The number of methoxy groups -OCH3 is 1. The molecule has 0 spiro atoms. The van der Waals surface area contributed by atoms with Crippen LogP contribution >= 0.6 is 22.6 Å². The SMILES string of the molecule is COc1cc(F)cc2c(=O)c(I)c(CO)n(C)c12. The maximum atomic E-state index is 13.4. The summed E-state index contributed by atoms with van der Waals surface area (Å²) in [6.45, 7) is -0.263. The van der Waals surface area contributed by atoms with Gasteiger partial charge in [-0.3, -0.25) is 4.79 Å². The third kappa shape index (κ3) is 1.89. The van der Waals surface area contributed by atoms with Gasteiger partial charge < -0.3 is 14.4 Å². The summed E-state index contributed by atoms with van der Waals surface area (Å²) in [5, 5.41) is 9.57. The van der Waals surface area contributed by atoms with Crippen LogP contribution in [-0.2, 0) is 13.7 Å². The minimum Gasteiger partial charge on any atom is -0.494 e. The summed E-state index contributed by atoms with van der Waals surface area (Å²) in [5.74, 6) is -0.250. The number of pyridine rings is 1. The fourth-order valence-electron chi connectivity index (χ4n) is 1.96. The molecular weight excluding hydrogens is 352 g/mol. The monoisotopic (exact) mass is 363 g/mol. The summed E-state index contributed by atoms with van der Waals surface area (Å²) in [6.07, 6.45) is 0. The quantitative estimate of drug-likeness (QED) is 0.828. The molecule has 0 aliphatic rings. The zero-order chi connectivity index (χ0) is 13.4. The molecule has 2 aromatic rings. The van der Waals surface area contributed by atoms with E-state index >= 15 is 0 Å². The molecule has 0 saturated heterocycles. The Kier molecular flexibility index (Phi) is 3.58. The van der Waals surface area contributed by atoms with E-state index < -0.39 is 5.82 Å². The highest BCUT2D eigenvalue weighted by molar-refractivity contribution is 14.1. The third-order valence-corrected chi connectivity index (χ3v) is 3.96. The molecule has 1 heterocycles. The van der Waals surface area contributed by atoms with E-state index in [9.17, 15) is 14.3 Å². The number of hydrogen-bond donors (Lipinski definition) is 1. The van der Waals surface area contributed by atoms with Crippen LogP contribution in [0.5, 0.6) is 5.75 Å². The number of fused-ring (bicyclic) bond motifs is 1. The number of hydrogen-bond acceptors (Lipinski definition) is 3. The highest BCUT2D eigenvalue weighted by Gasteiger charge is 2.16. The predicted octanol–water partition coefficient (Wildman–Crippen LogP) is 1.78. The van der Waals surface area contributed by atoms with Gasteiger partial charge in [0.25, 0.3) is 0 Å². The molecule has 0 unspecified atom stereocenters. The minimum atomic E-state index is -0.524. The third-order valence-electron chi connectivity index (χ3n) is 2.85. The van der Waals surface area contributed by atoms with Crippen molar-refractivity contribution < 1.29 is 14.2 Å². The molecule has 0 fully saturated rings. The van der Waals surface area contributed by atoms with Crippen molar-refractivity contribution >= 4 is 33.5 Å². The van der Waals surface area contributed by atoms with Crippen LogP contribution in [0.2, 0.25) is 0 Å². The molecule has 0 aliphatic heterocycles. The molecule has 1 aromatic carbocycles. The van der Waals surface area contributed by atoms with Crippen LogP contribution < -0.4 is 10.2 Å². The Morgan fingerprint density at radius 1 is 1.50 bits per heavy atom. The van der Waals surface area contributed by atoms with Gasteiger partial charge in [0, 0.05) is 13.1 Å². The van der Waals surface area contributed by atoms with Crippen LogP contribution in [0.25, 0.3) is 10.9 Å². The Labute approximate surface area is 116 Å². The van der Waals surface area contributed by atoms with Crippen molar-refractivity contribution in [2.24, 2.45) is 7.05 Å². The van der Waals surface area contributed by atoms with Crippen molar-refractivity contribution in [2.45, 2.75) is 6.61 Å². The first-order valence-corrected chi connectivity index (χ1v) is 6.24. The largest absolute Gasteiger partial charge is 0.494 e. The predicted molar refractivity (Wildman–Crippen MR) is 74.3 cm³/mol. The van der Waals surface area contributed by atoms with Crippen LogP contribution in [0.4, 0.5) is 4.39 Å². The van der Waals surface area contributed by atoms with Crippen LogP contribution in [0.15, 0.2) is 16.9 Å². The van der Waals surface area contributed by atoms with Gasteiger partial charge in [-0.15, -0.1) is 0 Å². The molecule has 0 atom stereocenters. The van der Waals surface area contributed by atoms with Crippen LogP contribution in [-0.4, -0.2) is 16.8 Å². The molecule has 4 nitrogen and oxygen atoms in total. The Balaban J connectivity index is 3.07. The first-order valence-electron chi connectivity index (χ1n) is 5.16. The maximum absolute atomic E-state index is 13.4. The van der Waals surface area contributed by atoms with E-state index in [-0.39, 0.29) is 23.2 Å². The Bertz CT molecular complexity index is 681. The van der Waals surface area contributed by atoms with Gasteiger partial charge in [-0.2, -0.15) is 0 Å². The van der Waals surface area contributed by atoms with Gasteiger partial charge >= 0.3 is 0 Å². The number of rotatable bonds is 2. The molecule has 18 heavy (non-hydrogen) atoms. The van der Waals surface area contributed by atoms with Crippen LogP contribution in [0, 0.1) is 9.39 Å². The first-order chi connectivity index (χ1) is 8.51. The van der Waals surface area contributed by atoms with E-state index in [1.165, 1.54) is 19.2 Å². The molecule has 0 radical (unpaired) electrons. The summed E-state index contributed by atoms with van der Waals surface area (Å²) >= 11 is 1.86. The van der Waals surface area contributed by atoms with Gasteiger partial charge in [0.1, 0.15) is 11.6 Å². The second kappa shape index (κ2) is 4.85. The van der Waals surface area contributed by atoms with Gasteiger partial charge in [0.2, 0.25) is 5.43 Å². The maximum Gasteiger partial charge on any atom is 0.203 e. The van der Waals surface area contributed by atoms with Crippen LogP contribution in [0.3, 0.4) is 0 Å². The van der Waals surface area contributed by atoms with Crippen molar-refractivity contribution in [1.82, 2.24) is 4.57 Å². The molecule has 0 bridgehead atoms. The standard InChI is InChI=1S/C12H11FINO3/c1-15-8(5-16)10(14)12(17)7-3-6(13)4-9(18-2)11(7)15/h3-4,16H,5H2,1-2H3. The molecular formula is C12H11FINO3. The molecule has 6 heteroatoms. The van der Waals surface area contributed by atoms with Gasteiger partial charge in [-0.05, 0) is 28.7 Å². The lowest BCUT2D eigenvalue weighted by atomic mass is 10.1. The lowest BCUT2D eigenvalue weighted by Gasteiger charge is -2.15. The highest BCUT2D eigenvalue weighted by Crippen LogP contribution is 2.27. The average Bonchev–Trinajstić information content (AvgIpc) is 2.35. The van der Waals surface area contributed by atoms with E-state index in [1.54, 1.807) is 11.6 Å². The minimum absolute atomic E-state index is 0.246. The van der Waals surface area contributed by atoms with Crippen molar-refractivity contribution in [3.8, 4) is 5.75 Å². The van der Waals surface area contributed by atoms with E-state index in [1.807, 2.05) is 22.6 Å². The van der Waals surface area contributed by atoms with E-state index in [0.717, 1.165) is 0 Å². The highest BCUT2D eigenvalue weighted by atomic mass is 127. The summed E-state index contributed by atoms with van der Waals surface area (Å²) in [4.78, 5) is 12.1. The fourth-order valence-corrected chi connectivity index (χ4v) is 2.78. The number of aliphatic hydroxyl groups excluding tert-OH is 1. The van der Waals surface area contributed by atoms with Crippen LogP contribution in [0.1, 0.15) is 5.69 Å². The zero-order valence-electron chi connectivity index (χ0n) is 9.83. The number of aliphatic hydroxyl groups is 1. The van der Waals surface area contributed by atoms with Crippen molar-refractivity contribution in [2.75, 3.05) is 7.11 Å². The normalized spacial score (nSPS) is 10.9. The van der Waals surface area contributed by atoms with Gasteiger partial charge in [0.15, 0.2) is 0 Å². The molecule has 0 amide bonds. The van der Waals surface area contributed by atoms with E-state index in [0.29, 0.717) is 14.8 Å². The van der Waals surface area contributed by atoms with Crippen molar-refractivity contribution in [3.05, 3.63) is 37.4 Å². The number of halogens is 2. The average molecular weight is 363 g/mol. The topological polar surface area (TPSA) is 51.5 Å². The van der Waals surface area contributed by atoms with Gasteiger partial charge in [-0.1, -0.05) is 0 Å². The van der Waals surface area contributed by atoms with E-state index in [2.05, 4.69) is 0 Å². The van der Waals surface area contributed by atoms with Crippen molar-refractivity contribution in [1.29, 1.82) is 0 Å². The second-order valence-electron chi connectivity index (χ2n) is 3.81. The lowest BCUT2D eigenvalue weighted by molar-refractivity contribution is 0.271. The second-order valence-corrected chi connectivity index (χ2v) is 4.89. The Morgan fingerprint density at radius 3 is 2.72 bits per heavy atom.